The molecule has 1 aliphatic heterocycles. The van der Waals surface area contributed by atoms with Gasteiger partial charge in [-0.2, -0.15) is 0 Å². The molecule has 184 valence electrons. The van der Waals surface area contributed by atoms with Gasteiger partial charge in [0.1, 0.15) is 29.7 Å². The number of fused-ring (bicyclic) bond motifs is 1. The number of rotatable bonds is 7. The number of aromatic nitrogens is 2. The number of thioether (sulfide) groups is 1. The van der Waals surface area contributed by atoms with Crippen LogP contribution < -0.4 is 14.8 Å². The van der Waals surface area contributed by atoms with Crippen molar-refractivity contribution < 1.29 is 19.1 Å². The van der Waals surface area contributed by atoms with Crippen molar-refractivity contribution in [2.24, 2.45) is 7.05 Å². The highest BCUT2D eigenvalue weighted by Crippen LogP contribution is 2.31. The number of carbonyl (C=O) groups is 2. The summed E-state index contributed by atoms with van der Waals surface area (Å²) < 4.78 is 14.2. The SMILES string of the molecule is Cc1cc(C)c(C)c(Oc2ccc3nc(COc4ccc(CC5SC(=O)NC5=O)cc4)n(C)c3c2)c1. The van der Waals surface area contributed by atoms with Crippen molar-refractivity contribution in [3.8, 4) is 17.2 Å². The van der Waals surface area contributed by atoms with Gasteiger partial charge in [0.15, 0.2) is 0 Å². The molecule has 1 N–H and O–H groups in total. The van der Waals surface area contributed by atoms with E-state index in [1.165, 1.54) is 11.1 Å². The maximum absolute atomic E-state index is 11.8. The van der Waals surface area contributed by atoms with Gasteiger partial charge in [-0.15, -0.1) is 0 Å². The maximum Gasteiger partial charge on any atom is 0.286 e. The lowest BCUT2D eigenvalue weighted by molar-refractivity contribution is -0.118. The molecular weight excluding hydrogens is 474 g/mol. The summed E-state index contributed by atoms with van der Waals surface area (Å²) in [5.74, 6) is 2.90. The molecule has 0 saturated carbocycles. The van der Waals surface area contributed by atoms with Gasteiger partial charge in [-0.3, -0.25) is 14.9 Å². The van der Waals surface area contributed by atoms with Crippen LogP contribution in [-0.4, -0.2) is 25.9 Å². The molecule has 1 atom stereocenters. The molecule has 5 rings (SSSR count). The molecule has 1 aromatic heterocycles. The molecule has 7 nitrogen and oxygen atoms in total. The number of benzene rings is 3. The molecule has 1 unspecified atom stereocenters. The minimum atomic E-state index is -0.378. The highest BCUT2D eigenvalue weighted by Gasteiger charge is 2.31. The quantitative estimate of drug-likeness (QED) is 0.347. The lowest BCUT2D eigenvalue weighted by atomic mass is 10.1. The van der Waals surface area contributed by atoms with Gasteiger partial charge < -0.3 is 14.0 Å². The smallest absolute Gasteiger partial charge is 0.286 e. The number of hydrogen-bond acceptors (Lipinski definition) is 6. The van der Waals surface area contributed by atoms with Crippen molar-refractivity contribution >= 4 is 33.9 Å². The van der Waals surface area contributed by atoms with Crippen molar-refractivity contribution in [1.82, 2.24) is 14.9 Å². The molecule has 0 bridgehead atoms. The highest BCUT2D eigenvalue weighted by atomic mass is 32.2. The van der Waals surface area contributed by atoms with Gasteiger partial charge in [0, 0.05) is 13.1 Å². The molecule has 0 aliphatic carbocycles. The van der Waals surface area contributed by atoms with Crippen LogP contribution in [0.5, 0.6) is 17.2 Å². The standard InChI is InChI=1S/C28H27N3O4S/c1-16-11-17(2)18(3)24(12-16)35-21-9-10-22-23(14-21)31(4)26(29-22)15-34-20-7-5-19(6-8-20)13-25-27(32)30-28(33)36-25/h5-12,14,25H,13,15H2,1-4H3,(H,30,32,33). The fourth-order valence-electron chi connectivity index (χ4n) is 4.26. The predicted octanol–water partition coefficient (Wildman–Crippen LogP) is 5.76. The van der Waals surface area contributed by atoms with Crippen molar-refractivity contribution in [2.75, 3.05) is 0 Å². The minimum absolute atomic E-state index is 0.232. The number of nitrogens with zero attached hydrogens (tertiary/aromatic N) is 2. The zero-order chi connectivity index (χ0) is 25.4. The molecule has 2 heterocycles. The number of carbonyl (C=O) groups excluding carboxylic acids is 2. The predicted molar refractivity (Wildman–Crippen MR) is 141 cm³/mol. The van der Waals surface area contributed by atoms with E-state index in [1.54, 1.807) is 0 Å². The van der Waals surface area contributed by atoms with Crippen LogP contribution in [-0.2, 0) is 24.9 Å². The first-order chi connectivity index (χ1) is 17.3. The Labute approximate surface area is 213 Å². The summed E-state index contributed by atoms with van der Waals surface area (Å²) >= 11 is 1.04. The minimum Gasteiger partial charge on any atom is -0.486 e. The summed E-state index contributed by atoms with van der Waals surface area (Å²) in [5.41, 5.74) is 6.31. The van der Waals surface area contributed by atoms with E-state index >= 15 is 0 Å². The normalized spacial score (nSPS) is 15.4. The Hall–Kier alpha value is -3.78. The van der Waals surface area contributed by atoms with Crippen LogP contribution in [0, 0.1) is 20.8 Å². The van der Waals surface area contributed by atoms with E-state index in [4.69, 9.17) is 14.5 Å². The second-order valence-corrected chi connectivity index (χ2v) is 10.2. The third kappa shape index (κ3) is 4.95. The first-order valence-electron chi connectivity index (χ1n) is 11.7. The lowest BCUT2D eigenvalue weighted by Crippen LogP contribution is -2.25. The maximum atomic E-state index is 11.8. The largest absolute Gasteiger partial charge is 0.486 e. The molecule has 4 aromatic rings. The summed E-state index contributed by atoms with van der Waals surface area (Å²) in [6, 6.07) is 17.7. The summed E-state index contributed by atoms with van der Waals surface area (Å²) in [6.07, 6.45) is 0.499. The van der Waals surface area contributed by atoms with Crippen LogP contribution in [0.4, 0.5) is 4.79 Å². The third-order valence-corrected chi connectivity index (χ3v) is 7.40. The summed E-state index contributed by atoms with van der Waals surface area (Å²) in [7, 11) is 1.97. The second kappa shape index (κ2) is 9.70. The molecule has 1 aliphatic rings. The summed E-state index contributed by atoms with van der Waals surface area (Å²) in [5, 5.41) is 1.66. The zero-order valence-corrected chi connectivity index (χ0v) is 21.4. The molecule has 0 spiro atoms. The number of imide groups is 1. The molecule has 1 fully saturated rings. The van der Waals surface area contributed by atoms with Gasteiger partial charge in [0.05, 0.1) is 16.3 Å². The average Bonchev–Trinajstić information content (AvgIpc) is 3.33. The monoisotopic (exact) mass is 501 g/mol. The Balaban J connectivity index is 1.26. The van der Waals surface area contributed by atoms with Crippen LogP contribution in [0.1, 0.15) is 28.1 Å². The first-order valence-corrected chi connectivity index (χ1v) is 12.6. The fraction of sp³-hybridized carbons (Fsp3) is 0.250. The van der Waals surface area contributed by atoms with Gasteiger partial charge >= 0.3 is 0 Å². The number of aryl methyl sites for hydroxylation is 3. The van der Waals surface area contributed by atoms with Gasteiger partial charge in [-0.25, -0.2) is 4.98 Å². The Kier molecular flexibility index (Phi) is 6.45. The molecular formula is C28H27N3O4S. The Morgan fingerprint density at radius 2 is 1.75 bits per heavy atom. The average molecular weight is 502 g/mol. The van der Waals surface area contributed by atoms with Crippen LogP contribution in [0.3, 0.4) is 0 Å². The molecule has 0 radical (unpaired) electrons. The third-order valence-electron chi connectivity index (χ3n) is 6.42. The molecule has 2 amide bonds. The Morgan fingerprint density at radius 1 is 1.00 bits per heavy atom. The van der Waals surface area contributed by atoms with Crippen LogP contribution in [0.15, 0.2) is 54.6 Å². The van der Waals surface area contributed by atoms with Crippen molar-refractivity contribution in [3.05, 3.63) is 82.7 Å². The number of ether oxygens (including phenoxy) is 2. The van der Waals surface area contributed by atoms with Crippen molar-refractivity contribution in [1.29, 1.82) is 0 Å². The molecule has 1 saturated heterocycles. The van der Waals surface area contributed by atoms with E-state index in [0.29, 0.717) is 18.8 Å². The first kappa shape index (κ1) is 23.9. The molecule has 36 heavy (non-hydrogen) atoms. The Morgan fingerprint density at radius 3 is 2.47 bits per heavy atom. The van der Waals surface area contributed by atoms with Crippen molar-refractivity contribution in [3.63, 3.8) is 0 Å². The van der Waals surface area contributed by atoms with E-state index in [2.05, 4.69) is 38.2 Å². The van der Waals surface area contributed by atoms with Gasteiger partial charge in [0.2, 0.25) is 5.91 Å². The van der Waals surface area contributed by atoms with E-state index < -0.39 is 0 Å². The van der Waals surface area contributed by atoms with Crippen LogP contribution in [0.25, 0.3) is 11.0 Å². The summed E-state index contributed by atoms with van der Waals surface area (Å²) in [6.45, 7) is 6.54. The van der Waals surface area contributed by atoms with Crippen molar-refractivity contribution in [2.45, 2.75) is 39.0 Å². The topological polar surface area (TPSA) is 82.5 Å². The number of imidazole rings is 1. The van der Waals surface area contributed by atoms with E-state index in [1.807, 2.05) is 54.1 Å². The van der Waals surface area contributed by atoms with Crippen LogP contribution in [0.2, 0.25) is 0 Å². The number of hydrogen-bond donors (Lipinski definition) is 1. The van der Waals surface area contributed by atoms with Gasteiger partial charge in [-0.1, -0.05) is 30.0 Å². The van der Waals surface area contributed by atoms with E-state index in [-0.39, 0.29) is 16.4 Å². The lowest BCUT2D eigenvalue weighted by Gasteiger charge is -2.12. The van der Waals surface area contributed by atoms with E-state index in [9.17, 15) is 9.59 Å². The number of amides is 2. The highest BCUT2D eigenvalue weighted by molar-refractivity contribution is 8.15. The van der Waals surface area contributed by atoms with Gasteiger partial charge in [0.25, 0.3) is 5.24 Å². The Bertz CT molecular complexity index is 1480. The fourth-order valence-corrected chi connectivity index (χ4v) is 5.12. The van der Waals surface area contributed by atoms with Crippen LogP contribution >= 0.6 is 11.8 Å². The second-order valence-electron chi connectivity index (χ2n) is 9.06. The van der Waals surface area contributed by atoms with E-state index in [0.717, 1.165) is 51.2 Å². The molecule has 8 heteroatoms. The zero-order valence-electron chi connectivity index (χ0n) is 20.6. The molecule has 3 aromatic carbocycles. The van der Waals surface area contributed by atoms with Gasteiger partial charge in [-0.05, 0) is 79.8 Å². The number of nitrogens with one attached hydrogen (secondary N) is 1. The summed E-state index contributed by atoms with van der Waals surface area (Å²) in [4.78, 5) is 27.9.